The van der Waals surface area contributed by atoms with Crippen molar-refractivity contribution in [1.82, 2.24) is 15.4 Å². The molecule has 0 radical (unpaired) electrons. The zero-order valence-corrected chi connectivity index (χ0v) is 11.1. The van der Waals surface area contributed by atoms with Gasteiger partial charge in [-0.05, 0) is 26.8 Å². The number of amides is 1. The summed E-state index contributed by atoms with van der Waals surface area (Å²) in [6, 6.07) is 0.462. The molecule has 0 aromatic heterocycles. The van der Waals surface area contributed by atoms with Crippen LogP contribution in [-0.2, 0) is 14.8 Å². The summed E-state index contributed by atoms with van der Waals surface area (Å²) in [5, 5.41) is 5.90. The number of carbonyl (C=O) groups excluding carboxylic acids is 1. The van der Waals surface area contributed by atoms with Gasteiger partial charge in [-0.15, -0.1) is 0 Å². The van der Waals surface area contributed by atoms with E-state index in [2.05, 4.69) is 22.3 Å². The zero-order chi connectivity index (χ0) is 12.9. The molecule has 2 atom stereocenters. The Morgan fingerprint density at radius 2 is 2.12 bits per heavy atom. The Kier molecular flexibility index (Phi) is 5.35. The largest absolute Gasteiger partial charge is 0.355 e. The molecule has 7 heteroatoms. The third kappa shape index (κ3) is 5.01. The van der Waals surface area contributed by atoms with Gasteiger partial charge in [0, 0.05) is 19.1 Å². The lowest BCUT2D eigenvalue weighted by molar-refractivity contribution is -0.125. The molecule has 100 valence electrons. The summed E-state index contributed by atoms with van der Waals surface area (Å²) in [6.45, 7) is 2.92. The molecule has 2 unspecified atom stereocenters. The quantitative estimate of drug-likeness (QED) is 0.596. The maximum Gasteiger partial charge on any atom is 0.224 e. The fourth-order valence-corrected chi connectivity index (χ4v) is 2.35. The van der Waals surface area contributed by atoms with Crippen molar-refractivity contribution in [3.8, 4) is 0 Å². The molecule has 6 nitrogen and oxygen atoms in total. The van der Waals surface area contributed by atoms with Crippen LogP contribution in [0.2, 0.25) is 0 Å². The van der Waals surface area contributed by atoms with Crippen molar-refractivity contribution < 1.29 is 13.2 Å². The maximum absolute atomic E-state index is 11.7. The summed E-state index contributed by atoms with van der Waals surface area (Å²) in [6.07, 6.45) is 1.84. The molecule has 0 aromatic rings. The van der Waals surface area contributed by atoms with Crippen LogP contribution in [0.5, 0.6) is 0 Å². The third-order valence-corrected chi connectivity index (χ3v) is 4.38. The second-order valence-corrected chi connectivity index (χ2v) is 6.44. The van der Waals surface area contributed by atoms with Crippen LogP contribution in [0.25, 0.3) is 0 Å². The number of nitrogens with one attached hydrogen (secondary N) is 3. The highest BCUT2D eigenvalue weighted by atomic mass is 32.2. The van der Waals surface area contributed by atoms with E-state index in [9.17, 15) is 13.2 Å². The number of piperidine rings is 1. The molecular weight excluding hydrogens is 242 g/mol. The van der Waals surface area contributed by atoms with E-state index in [1.165, 1.54) is 7.05 Å². The molecule has 0 aromatic carbocycles. The molecule has 1 aliphatic heterocycles. The minimum Gasteiger partial charge on any atom is -0.355 e. The monoisotopic (exact) mass is 263 g/mol. The number of carbonyl (C=O) groups is 1. The Morgan fingerprint density at radius 1 is 1.41 bits per heavy atom. The van der Waals surface area contributed by atoms with Gasteiger partial charge < -0.3 is 10.6 Å². The highest BCUT2D eigenvalue weighted by Gasteiger charge is 2.23. The second-order valence-electron chi connectivity index (χ2n) is 4.40. The first-order valence-electron chi connectivity index (χ1n) is 5.87. The molecule has 0 spiro atoms. The molecule has 1 aliphatic rings. The molecule has 0 aliphatic carbocycles. The number of hydrogen-bond acceptors (Lipinski definition) is 4. The van der Waals surface area contributed by atoms with Gasteiger partial charge in [0.2, 0.25) is 15.9 Å². The summed E-state index contributed by atoms with van der Waals surface area (Å²) in [5.41, 5.74) is 0. The van der Waals surface area contributed by atoms with Crippen LogP contribution in [0.1, 0.15) is 19.8 Å². The summed E-state index contributed by atoms with van der Waals surface area (Å²) in [5.74, 6) is -0.176. The Hall–Kier alpha value is -0.660. The van der Waals surface area contributed by atoms with Gasteiger partial charge in [-0.3, -0.25) is 4.79 Å². The van der Waals surface area contributed by atoms with E-state index in [-0.39, 0.29) is 24.1 Å². The van der Waals surface area contributed by atoms with E-state index in [4.69, 9.17) is 0 Å². The third-order valence-electron chi connectivity index (χ3n) is 3.01. The van der Waals surface area contributed by atoms with E-state index < -0.39 is 10.0 Å². The molecule has 1 amide bonds. The summed E-state index contributed by atoms with van der Waals surface area (Å²) < 4.78 is 24.5. The SMILES string of the molecule is CNS(=O)(=O)CCNC(=O)C1CCC(C)NC1. The Labute approximate surface area is 103 Å². The molecule has 1 saturated heterocycles. The van der Waals surface area contributed by atoms with Crippen molar-refractivity contribution >= 4 is 15.9 Å². The molecule has 0 saturated carbocycles. The van der Waals surface area contributed by atoms with Gasteiger partial charge in [-0.25, -0.2) is 13.1 Å². The molecule has 1 fully saturated rings. The summed E-state index contributed by atoms with van der Waals surface area (Å²) in [4.78, 5) is 11.7. The predicted molar refractivity (Wildman–Crippen MR) is 66.0 cm³/mol. The molecule has 1 heterocycles. The van der Waals surface area contributed by atoms with E-state index in [0.717, 1.165) is 12.8 Å². The Morgan fingerprint density at radius 3 is 2.65 bits per heavy atom. The Balaban J connectivity index is 2.26. The van der Waals surface area contributed by atoms with Gasteiger partial charge in [0.05, 0.1) is 11.7 Å². The van der Waals surface area contributed by atoms with Gasteiger partial charge >= 0.3 is 0 Å². The fourth-order valence-electron chi connectivity index (χ4n) is 1.78. The van der Waals surface area contributed by atoms with Crippen LogP contribution in [0.15, 0.2) is 0 Å². The van der Waals surface area contributed by atoms with Crippen molar-refractivity contribution in [2.45, 2.75) is 25.8 Å². The predicted octanol–water partition coefficient (Wildman–Crippen LogP) is -0.960. The average molecular weight is 263 g/mol. The molecule has 0 bridgehead atoms. The first kappa shape index (κ1) is 14.4. The van der Waals surface area contributed by atoms with Crippen LogP contribution < -0.4 is 15.4 Å². The lowest BCUT2D eigenvalue weighted by atomic mass is 9.95. The van der Waals surface area contributed by atoms with Crippen LogP contribution in [0.4, 0.5) is 0 Å². The first-order chi connectivity index (χ1) is 7.94. The van der Waals surface area contributed by atoms with Crippen molar-refractivity contribution in [3.63, 3.8) is 0 Å². The average Bonchev–Trinajstić information content (AvgIpc) is 2.29. The summed E-state index contributed by atoms with van der Waals surface area (Å²) >= 11 is 0. The fraction of sp³-hybridized carbons (Fsp3) is 0.900. The zero-order valence-electron chi connectivity index (χ0n) is 10.3. The van der Waals surface area contributed by atoms with Crippen LogP contribution in [0.3, 0.4) is 0 Å². The first-order valence-corrected chi connectivity index (χ1v) is 7.52. The van der Waals surface area contributed by atoms with Crippen molar-refractivity contribution in [1.29, 1.82) is 0 Å². The number of hydrogen-bond donors (Lipinski definition) is 3. The smallest absolute Gasteiger partial charge is 0.224 e. The molecule has 3 N–H and O–H groups in total. The maximum atomic E-state index is 11.7. The summed E-state index contributed by atoms with van der Waals surface area (Å²) in [7, 11) is -1.87. The van der Waals surface area contributed by atoms with Crippen molar-refractivity contribution in [3.05, 3.63) is 0 Å². The van der Waals surface area contributed by atoms with Crippen molar-refractivity contribution in [2.75, 3.05) is 25.9 Å². The Bertz CT molecular complexity index is 348. The lowest BCUT2D eigenvalue weighted by Crippen LogP contribution is -2.45. The topological polar surface area (TPSA) is 87.3 Å². The van der Waals surface area contributed by atoms with Crippen molar-refractivity contribution in [2.24, 2.45) is 5.92 Å². The van der Waals surface area contributed by atoms with Gasteiger partial charge in [0.15, 0.2) is 0 Å². The minimum atomic E-state index is -3.24. The minimum absolute atomic E-state index is 0.0384. The second kappa shape index (κ2) is 6.32. The number of rotatable bonds is 5. The highest BCUT2D eigenvalue weighted by molar-refractivity contribution is 7.89. The number of sulfonamides is 1. The van der Waals surface area contributed by atoms with E-state index in [1.54, 1.807) is 0 Å². The highest BCUT2D eigenvalue weighted by Crippen LogP contribution is 2.13. The standard InChI is InChI=1S/C10H21N3O3S/c1-8-3-4-9(7-13-8)10(14)12-5-6-17(15,16)11-2/h8-9,11,13H,3-7H2,1-2H3,(H,12,14). The molecule has 1 rings (SSSR count). The van der Waals surface area contributed by atoms with Gasteiger partial charge in [0.25, 0.3) is 0 Å². The lowest BCUT2D eigenvalue weighted by Gasteiger charge is -2.26. The van der Waals surface area contributed by atoms with E-state index in [1.807, 2.05) is 0 Å². The van der Waals surface area contributed by atoms with E-state index in [0.29, 0.717) is 12.6 Å². The van der Waals surface area contributed by atoms with Gasteiger partial charge in [-0.2, -0.15) is 0 Å². The van der Waals surface area contributed by atoms with Crippen LogP contribution in [0, 0.1) is 5.92 Å². The molecular formula is C10H21N3O3S. The van der Waals surface area contributed by atoms with Gasteiger partial charge in [0.1, 0.15) is 0 Å². The van der Waals surface area contributed by atoms with E-state index >= 15 is 0 Å². The van der Waals surface area contributed by atoms with Crippen LogP contribution in [-0.4, -0.2) is 46.3 Å². The normalized spacial score (nSPS) is 25.5. The molecule has 17 heavy (non-hydrogen) atoms. The van der Waals surface area contributed by atoms with Gasteiger partial charge in [-0.1, -0.05) is 0 Å². The van der Waals surface area contributed by atoms with Crippen LogP contribution >= 0.6 is 0 Å².